The van der Waals surface area contributed by atoms with Crippen LogP contribution in [0.5, 0.6) is 5.75 Å². The molecule has 0 bridgehead atoms. The van der Waals surface area contributed by atoms with Crippen molar-refractivity contribution in [2.45, 2.75) is 33.4 Å². The highest BCUT2D eigenvalue weighted by Gasteiger charge is 2.33. The molecule has 1 aliphatic rings. The van der Waals surface area contributed by atoms with Crippen molar-refractivity contribution in [3.63, 3.8) is 0 Å². The van der Waals surface area contributed by atoms with E-state index in [2.05, 4.69) is 49.9 Å². The molecule has 1 atom stereocenters. The number of benzene rings is 2. The van der Waals surface area contributed by atoms with E-state index in [0.717, 1.165) is 17.3 Å². The first-order valence-electron chi connectivity index (χ1n) is 9.83. The third-order valence-electron chi connectivity index (χ3n) is 5.83. The fraction of sp³-hybridized carbons (Fsp3) is 0.292. The van der Waals surface area contributed by atoms with Crippen LogP contribution in [0.15, 0.2) is 54.6 Å². The van der Waals surface area contributed by atoms with Gasteiger partial charge >= 0.3 is 0 Å². The second kappa shape index (κ2) is 8.01. The van der Waals surface area contributed by atoms with Crippen LogP contribution in [0.2, 0.25) is 0 Å². The lowest BCUT2D eigenvalue weighted by molar-refractivity contribution is 0.0943. The predicted octanol–water partition coefficient (Wildman–Crippen LogP) is 5.55. The Bertz CT molecular complexity index is 1010. The second-order valence-corrected chi connectivity index (χ2v) is 8.71. The summed E-state index contributed by atoms with van der Waals surface area (Å²) in [4.78, 5) is 19.0. The van der Waals surface area contributed by atoms with Crippen molar-refractivity contribution >= 4 is 22.2 Å². The molecule has 0 N–H and O–H groups in total. The molecule has 1 aromatic heterocycles. The summed E-state index contributed by atoms with van der Waals surface area (Å²) in [5.41, 5.74) is 4.50. The van der Waals surface area contributed by atoms with Gasteiger partial charge in [-0.3, -0.25) is 14.6 Å². The molecule has 1 amide bonds. The Morgan fingerprint density at radius 1 is 1.07 bits per heavy atom. The molecule has 4 nitrogen and oxygen atoms in total. The lowest BCUT2D eigenvalue weighted by Gasteiger charge is -2.39. The van der Waals surface area contributed by atoms with Gasteiger partial charge in [-0.15, -0.1) is 11.3 Å². The molecular weight excluding hydrogens is 380 g/mol. The number of carbonyl (C=O) groups is 1. The molecule has 0 fully saturated rings. The predicted molar refractivity (Wildman–Crippen MR) is 119 cm³/mol. The maximum Gasteiger partial charge on any atom is 0.260 e. The number of aryl methyl sites for hydroxylation is 1. The van der Waals surface area contributed by atoms with Crippen LogP contribution in [0.4, 0.5) is 5.00 Å². The summed E-state index contributed by atoms with van der Waals surface area (Å²) in [5, 5.41) is 1.08. The molecule has 29 heavy (non-hydrogen) atoms. The van der Waals surface area contributed by atoms with Crippen LogP contribution in [0.25, 0.3) is 0 Å². The zero-order valence-corrected chi connectivity index (χ0v) is 18.1. The van der Waals surface area contributed by atoms with E-state index in [4.69, 9.17) is 4.74 Å². The number of hydrogen-bond donors (Lipinski definition) is 0. The zero-order valence-electron chi connectivity index (χ0n) is 17.3. The van der Waals surface area contributed by atoms with E-state index < -0.39 is 0 Å². The Labute approximate surface area is 176 Å². The highest BCUT2D eigenvalue weighted by molar-refractivity contribution is 7.16. The number of hydrogen-bond acceptors (Lipinski definition) is 4. The molecule has 2 aromatic carbocycles. The van der Waals surface area contributed by atoms with E-state index >= 15 is 0 Å². The number of rotatable bonds is 4. The van der Waals surface area contributed by atoms with Crippen molar-refractivity contribution < 1.29 is 9.53 Å². The first-order valence-corrected chi connectivity index (χ1v) is 10.6. The van der Waals surface area contributed by atoms with Gasteiger partial charge in [-0.2, -0.15) is 0 Å². The standard InChI is InChI=1S/C24H26N2O2S/c1-16-18(3)29-24-22(16)14-25(17(2)19-8-6-5-7-9-19)15-26(24)23(27)20-10-12-21(28-4)13-11-20/h5-13,17H,14-15H2,1-4H3/t17-/m1/s1. The summed E-state index contributed by atoms with van der Waals surface area (Å²) in [6.07, 6.45) is 0. The Morgan fingerprint density at radius 3 is 2.41 bits per heavy atom. The first kappa shape index (κ1) is 19.7. The van der Waals surface area contributed by atoms with Crippen LogP contribution in [0.3, 0.4) is 0 Å². The average molecular weight is 407 g/mol. The molecule has 150 valence electrons. The number of methoxy groups -OCH3 is 1. The van der Waals surface area contributed by atoms with Gasteiger partial charge in [0.15, 0.2) is 0 Å². The molecule has 2 heterocycles. The van der Waals surface area contributed by atoms with Crippen molar-refractivity contribution in [3.05, 3.63) is 81.7 Å². The van der Waals surface area contributed by atoms with Crippen molar-refractivity contribution in [1.82, 2.24) is 4.90 Å². The van der Waals surface area contributed by atoms with Crippen LogP contribution in [-0.2, 0) is 6.54 Å². The number of thiophene rings is 1. The molecule has 5 heteroatoms. The van der Waals surface area contributed by atoms with Gasteiger partial charge in [0.1, 0.15) is 10.8 Å². The van der Waals surface area contributed by atoms with Gasteiger partial charge in [-0.1, -0.05) is 30.3 Å². The summed E-state index contributed by atoms with van der Waals surface area (Å²) < 4.78 is 5.24. The second-order valence-electron chi connectivity index (χ2n) is 7.50. The largest absolute Gasteiger partial charge is 0.497 e. The monoisotopic (exact) mass is 406 g/mol. The summed E-state index contributed by atoms with van der Waals surface area (Å²) >= 11 is 1.72. The summed E-state index contributed by atoms with van der Waals surface area (Å²) in [6, 6.07) is 18.1. The number of ether oxygens (including phenoxy) is 1. The van der Waals surface area contributed by atoms with E-state index in [1.807, 2.05) is 35.2 Å². The lowest BCUT2D eigenvalue weighted by atomic mass is 10.0. The summed E-state index contributed by atoms with van der Waals surface area (Å²) in [6.45, 7) is 7.95. The van der Waals surface area contributed by atoms with Gasteiger partial charge in [-0.05, 0) is 56.2 Å². The van der Waals surface area contributed by atoms with Gasteiger partial charge in [0.2, 0.25) is 0 Å². The normalized spacial score (nSPS) is 15.1. The number of anilines is 1. The molecule has 4 rings (SSSR count). The first-order chi connectivity index (χ1) is 14.0. The smallest absolute Gasteiger partial charge is 0.260 e. The fourth-order valence-corrected chi connectivity index (χ4v) is 4.96. The number of nitrogens with zero attached hydrogens (tertiary/aromatic N) is 2. The van der Waals surface area contributed by atoms with Gasteiger partial charge in [0, 0.05) is 28.6 Å². The molecule has 1 aliphatic heterocycles. The fourth-order valence-electron chi connectivity index (χ4n) is 3.81. The van der Waals surface area contributed by atoms with Gasteiger partial charge in [0.05, 0.1) is 13.8 Å². The zero-order chi connectivity index (χ0) is 20.5. The van der Waals surface area contributed by atoms with Gasteiger partial charge in [0.25, 0.3) is 5.91 Å². The highest BCUT2D eigenvalue weighted by Crippen LogP contribution is 2.41. The summed E-state index contributed by atoms with van der Waals surface area (Å²) in [5.74, 6) is 0.781. The Kier molecular flexibility index (Phi) is 5.43. The minimum Gasteiger partial charge on any atom is -0.497 e. The molecular formula is C24H26N2O2S. The molecule has 0 unspecified atom stereocenters. The Morgan fingerprint density at radius 2 is 1.76 bits per heavy atom. The number of fused-ring (bicyclic) bond motifs is 1. The molecule has 0 radical (unpaired) electrons. The van der Waals surface area contributed by atoms with Gasteiger partial charge in [-0.25, -0.2) is 0 Å². The minimum absolute atomic E-state index is 0.0279. The third kappa shape index (κ3) is 3.68. The summed E-state index contributed by atoms with van der Waals surface area (Å²) in [7, 11) is 1.63. The van der Waals surface area contributed by atoms with Crippen LogP contribution in [0, 0.1) is 13.8 Å². The molecule has 0 saturated heterocycles. The highest BCUT2D eigenvalue weighted by atomic mass is 32.1. The van der Waals surface area contributed by atoms with Crippen molar-refractivity contribution in [2.24, 2.45) is 0 Å². The Hall–Kier alpha value is -2.63. The van der Waals surface area contributed by atoms with Crippen molar-refractivity contribution in [1.29, 1.82) is 0 Å². The van der Waals surface area contributed by atoms with Crippen LogP contribution >= 0.6 is 11.3 Å². The van der Waals surface area contributed by atoms with E-state index in [-0.39, 0.29) is 11.9 Å². The van der Waals surface area contributed by atoms with E-state index in [0.29, 0.717) is 12.2 Å². The molecule has 3 aromatic rings. The SMILES string of the molecule is COc1ccc(C(=O)N2CN([C@H](C)c3ccccc3)Cc3c2sc(C)c3C)cc1. The van der Waals surface area contributed by atoms with Crippen molar-refractivity contribution in [2.75, 3.05) is 18.7 Å². The van der Waals surface area contributed by atoms with Crippen molar-refractivity contribution in [3.8, 4) is 5.75 Å². The molecule has 0 saturated carbocycles. The van der Waals surface area contributed by atoms with E-state index in [1.54, 1.807) is 18.4 Å². The third-order valence-corrected chi connectivity index (χ3v) is 7.10. The molecule has 0 spiro atoms. The number of carbonyl (C=O) groups excluding carboxylic acids is 1. The number of amides is 1. The van der Waals surface area contributed by atoms with Crippen LogP contribution in [0.1, 0.15) is 44.9 Å². The maximum absolute atomic E-state index is 13.5. The maximum atomic E-state index is 13.5. The quantitative estimate of drug-likeness (QED) is 0.569. The Balaban J connectivity index is 1.70. The molecule has 0 aliphatic carbocycles. The van der Waals surface area contributed by atoms with Crippen LogP contribution < -0.4 is 9.64 Å². The average Bonchev–Trinajstić information content (AvgIpc) is 3.06. The van der Waals surface area contributed by atoms with E-state index in [9.17, 15) is 4.79 Å². The topological polar surface area (TPSA) is 32.8 Å². The minimum atomic E-state index is 0.0279. The van der Waals surface area contributed by atoms with Crippen LogP contribution in [-0.4, -0.2) is 24.6 Å². The van der Waals surface area contributed by atoms with Gasteiger partial charge < -0.3 is 4.74 Å². The lowest BCUT2D eigenvalue weighted by Crippen LogP contribution is -2.46. The van der Waals surface area contributed by atoms with E-state index in [1.165, 1.54) is 21.6 Å².